The van der Waals surface area contributed by atoms with Gasteiger partial charge >= 0.3 is 12.0 Å². The third-order valence-electron chi connectivity index (χ3n) is 6.80. The number of nitrogens with zero attached hydrogens (tertiary/aromatic N) is 2. The highest BCUT2D eigenvalue weighted by Crippen LogP contribution is 2.24. The third-order valence-corrected chi connectivity index (χ3v) is 8.20. The summed E-state index contributed by atoms with van der Waals surface area (Å²) >= 11 is 0. The second-order valence-electron chi connectivity index (χ2n) is 10.0. The number of carbonyl (C=O) groups excluding carboxylic acids is 3. The van der Waals surface area contributed by atoms with E-state index in [4.69, 9.17) is 0 Å². The number of hydrogen-bond acceptors (Lipinski definition) is 7. The van der Waals surface area contributed by atoms with Crippen LogP contribution in [0.25, 0.3) is 0 Å². The van der Waals surface area contributed by atoms with Gasteiger partial charge in [-0.05, 0) is 54.6 Å². The monoisotopic (exact) mass is 629 g/mol. The quantitative estimate of drug-likeness (QED) is 0.251. The summed E-state index contributed by atoms with van der Waals surface area (Å²) in [4.78, 5) is 51.5. The first-order valence-corrected chi connectivity index (χ1v) is 14.7. The Morgan fingerprint density at radius 2 is 1.57 bits per heavy atom. The molecule has 1 atom stereocenters. The first-order valence-electron chi connectivity index (χ1n) is 13.3. The number of aliphatic carboxylic acids is 1. The standard InChI is InChI=1S/C29H29F2N5O7S/c1-32-16-18-5-9-21(10-6-18)44(42,43)34-19-14-22(30)26(23(31)15-19)27(38)33-24(28(39)40)13-17-3-7-20(8-4-17)36-25(37)11-12-35(2)29(36)41/h3-10,14-15,24,32,34H,11-13,16H2,1-2H3,(H,33,38)(H,39,40)/t24-/m0/s1. The summed E-state index contributed by atoms with van der Waals surface area (Å²) in [5.74, 6) is -6.08. The Balaban J connectivity index is 1.46. The van der Waals surface area contributed by atoms with Crippen LogP contribution < -0.4 is 20.3 Å². The van der Waals surface area contributed by atoms with Gasteiger partial charge < -0.3 is 20.6 Å². The molecule has 0 saturated carbocycles. The number of benzene rings is 3. The van der Waals surface area contributed by atoms with Crippen molar-refractivity contribution in [2.75, 3.05) is 30.3 Å². The number of carbonyl (C=O) groups is 4. The lowest BCUT2D eigenvalue weighted by molar-refractivity contribution is -0.139. The molecule has 15 heteroatoms. The van der Waals surface area contributed by atoms with Gasteiger partial charge in [0.2, 0.25) is 5.91 Å². The molecule has 1 aliphatic rings. The predicted octanol–water partition coefficient (Wildman–Crippen LogP) is 2.70. The van der Waals surface area contributed by atoms with Gasteiger partial charge in [0, 0.05) is 33.0 Å². The number of imide groups is 1. The largest absolute Gasteiger partial charge is 0.480 e. The van der Waals surface area contributed by atoms with Gasteiger partial charge in [0.1, 0.15) is 23.2 Å². The summed E-state index contributed by atoms with van der Waals surface area (Å²) in [5, 5.41) is 14.7. The van der Waals surface area contributed by atoms with Crippen molar-refractivity contribution in [1.29, 1.82) is 0 Å². The van der Waals surface area contributed by atoms with Crippen LogP contribution in [0.5, 0.6) is 0 Å². The molecule has 12 nitrogen and oxygen atoms in total. The van der Waals surface area contributed by atoms with Crippen molar-refractivity contribution < 1.29 is 41.5 Å². The number of urea groups is 1. The van der Waals surface area contributed by atoms with Gasteiger partial charge in [-0.15, -0.1) is 0 Å². The number of nitrogens with one attached hydrogen (secondary N) is 3. The maximum absolute atomic E-state index is 14.9. The van der Waals surface area contributed by atoms with Crippen LogP contribution in [0, 0.1) is 11.6 Å². The first-order chi connectivity index (χ1) is 20.8. The molecular weight excluding hydrogens is 600 g/mol. The van der Waals surface area contributed by atoms with E-state index in [0.29, 0.717) is 24.2 Å². The van der Waals surface area contributed by atoms with E-state index in [-0.39, 0.29) is 30.0 Å². The van der Waals surface area contributed by atoms with E-state index in [1.165, 1.54) is 41.3 Å². The van der Waals surface area contributed by atoms with Crippen LogP contribution in [0.15, 0.2) is 65.6 Å². The highest BCUT2D eigenvalue weighted by atomic mass is 32.2. The minimum atomic E-state index is -4.22. The number of carboxylic acid groups (broad SMARTS) is 1. The smallest absolute Gasteiger partial charge is 0.331 e. The number of rotatable bonds is 11. The molecule has 1 fully saturated rings. The van der Waals surface area contributed by atoms with E-state index in [0.717, 1.165) is 10.5 Å². The fourth-order valence-corrected chi connectivity index (χ4v) is 5.54. The number of sulfonamides is 1. The van der Waals surface area contributed by atoms with Gasteiger partial charge in [0.15, 0.2) is 0 Å². The zero-order valence-electron chi connectivity index (χ0n) is 23.6. The molecule has 0 aromatic heterocycles. The molecule has 1 saturated heterocycles. The molecule has 4 N–H and O–H groups in total. The van der Waals surface area contributed by atoms with Crippen LogP contribution in [0.3, 0.4) is 0 Å². The van der Waals surface area contributed by atoms with E-state index in [9.17, 15) is 41.5 Å². The summed E-state index contributed by atoms with van der Waals surface area (Å²) in [7, 11) is -0.939. The highest BCUT2D eigenvalue weighted by molar-refractivity contribution is 7.92. The number of hydrogen-bond donors (Lipinski definition) is 4. The number of carboxylic acids is 1. The topological polar surface area (TPSA) is 165 Å². The fraction of sp³-hybridized carbons (Fsp3) is 0.241. The molecule has 3 aromatic rings. The molecule has 0 radical (unpaired) electrons. The average molecular weight is 630 g/mol. The molecule has 0 aliphatic carbocycles. The molecule has 1 heterocycles. The first kappa shape index (κ1) is 32.0. The zero-order chi connectivity index (χ0) is 32.2. The summed E-state index contributed by atoms with van der Waals surface area (Å²) in [5.41, 5.74) is -0.109. The normalized spacial score (nSPS) is 14.4. The van der Waals surface area contributed by atoms with Crippen LogP contribution >= 0.6 is 0 Å². The van der Waals surface area contributed by atoms with Crippen molar-refractivity contribution >= 4 is 45.2 Å². The lowest BCUT2D eigenvalue weighted by atomic mass is 10.0. The van der Waals surface area contributed by atoms with Crippen LogP contribution in [-0.4, -0.2) is 68.9 Å². The summed E-state index contributed by atoms with van der Waals surface area (Å²) in [6, 6.07) is 10.7. The molecule has 4 rings (SSSR count). The fourth-order valence-electron chi connectivity index (χ4n) is 4.50. The second-order valence-corrected chi connectivity index (χ2v) is 11.7. The van der Waals surface area contributed by atoms with E-state index < -0.39 is 62.8 Å². The summed E-state index contributed by atoms with van der Waals surface area (Å²) < 4.78 is 57.3. The Morgan fingerprint density at radius 1 is 0.977 bits per heavy atom. The Kier molecular flexibility index (Phi) is 9.59. The van der Waals surface area contributed by atoms with Crippen molar-refractivity contribution in [3.8, 4) is 0 Å². The number of halogens is 2. The lowest BCUT2D eigenvalue weighted by Gasteiger charge is -2.31. The highest BCUT2D eigenvalue weighted by Gasteiger charge is 2.31. The van der Waals surface area contributed by atoms with Gasteiger partial charge in [-0.3, -0.25) is 14.3 Å². The number of anilines is 2. The van der Waals surface area contributed by atoms with Crippen LogP contribution in [-0.2, 0) is 32.6 Å². The van der Waals surface area contributed by atoms with Crippen molar-refractivity contribution in [2.45, 2.75) is 30.3 Å². The van der Waals surface area contributed by atoms with Gasteiger partial charge in [-0.1, -0.05) is 24.3 Å². The summed E-state index contributed by atoms with van der Waals surface area (Å²) in [6.45, 7) is 0.793. The minimum absolute atomic E-state index is 0.141. The number of amides is 4. The molecule has 3 aromatic carbocycles. The molecule has 0 spiro atoms. The van der Waals surface area contributed by atoms with E-state index in [2.05, 4.69) is 15.4 Å². The van der Waals surface area contributed by atoms with Crippen molar-refractivity contribution in [3.63, 3.8) is 0 Å². The van der Waals surface area contributed by atoms with Crippen molar-refractivity contribution in [3.05, 3.63) is 89.0 Å². The zero-order valence-corrected chi connectivity index (χ0v) is 24.5. The Morgan fingerprint density at radius 3 is 2.14 bits per heavy atom. The minimum Gasteiger partial charge on any atom is -0.480 e. The molecule has 4 amide bonds. The van der Waals surface area contributed by atoms with E-state index in [1.54, 1.807) is 26.2 Å². The predicted molar refractivity (Wildman–Crippen MR) is 156 cm³/mol. The summed E-state index contributed by atoms with van der Waals surface area (Å²) in [6.07, 6.45) is -0.153. The van der Waals surface area contributed by atoms with Crippen LogP contribution in [0.1, 0.15) is 27.9 Å². The SMILES string of the molecule is CNCc1ccc(S(=O)(=O)Nc2cc(F)c(C(=O)N[C@@H](Cc3ccc(N4C(=O)CCN(C)C4=O)cc3)C(=O)O)c(F)c2)cc1. The van der Waals surface area contributed by atoms with Gasteiger partial charge in [0.05, 0.1) is 16.3 Å². The average Bonchev–Trinajstić information content (AvgIpc) is 2.95. The maximum Gasteiger partial charge on any atom is 0.331 e. The van der Waals surface area contributed by atoms with E-state index in [1.807, 2.05) is 0 Å². The van der Waals surface area contributed by atoms with Crippen LogP contribution in [0.4, 0.5) is 25.0 Å². The van der Waals surface area contributed by atoms with Gasteiger partial charge in [-0.2, -0.15) is 0 Å². The Hall–Kier alpha value is -4.89. The van der Waals surface area contributed by atoms with Crippen LogP contribution in [0.2, 0.25) is 0 Å². The van der Waals surface area contributed by atoms with Crippen molar-refractivity contribution in [1.82, 2.24) is 15.5 Å². The molecule has 0 bridgehead atoms. The Labute approximate surface area is 251 Å². The van der Waals surface area contributed by atoms with E-state index >= 15 is 0 Å². The molecule has 0 unspecified atom stereocenters. The molecule has 232 valence electrons. The molecule has 1 aliphatic heterocycles. The van der Waals surface area contributed by atoms with Gasteiger partial charge in [-0.25, -0.2) is 31.7 Å². The van der Waals surface area contributed by atoms with Crippen molar-refractivity contribution in [2.24, 2.45) is 0 Å². The lowest BCUT2D eigenvalue weighted by Crippen LogP contribution is -2.50. The third kappa shape index (κ3) is 7.18. The molecular formula is C29H29F2N5O7S. The maximum atomic E-state index is 14.9. The molecule has 44 heavy (non-hydrogen) atoms. The Bertz CT molecular complexity index is 1680. The second kappa shape index (κ2) is 13.2. The van der Waals surface area contributed by atoms with Gasteiger partial charge in [0.25, 0.3) is 15.9 Å².